The molecule has 11 nitrogen and oxygen atoms in total. The van der Waals surface area contributed by atoms with Gasteiger partial charge in [-0.3, -0.25) is 10.1 Å². The van der Waals surface area contributed by atoms with Crippen LogP contribution in [-0.2, 0) is 0 Å². The standard InChI is InChI=1S/C18H21N9O2/c19-12-14-16(21-5-4-20-14)25-8-10-26(11-9-25)18-15(27(28)29)17(22-13-23-18)24-6-2-1-3-7-24/h4-5,13H,1-3,6-11H2. The van der Waals surface area contributed by atoms with Gasteiger partial charge in [-0.15, -0.1) is 0 Å². The molecule has 0 spiro atoms. The molecule has 150 valence electrons. The number of hydrogen-bond acceptors (Lipinski definition) is 10. The van der Waals surface area contributed by atoms with E-state index in [1.165, 1.54) is 12.5 Å². The van der Waals surface area contributed by atoms with Crippen LogP contribution in [-0.4, -0.2) is 64.1 Å². The van der Waals surface area contributed by atoms with E-state index in [9.17, 15) is 15.4 Å². The van der Waals surface area contributed by atoms with E-state index in [2.05, 4.69) is 26.0 Å². The number of hydrogen-bond donors (Lipinski definition) is 0. The van der Waals surface area contributed by atoms with Crippen LogP contribution in [0, 0.1) is 21.4 Å². The highest BCUT2D eigenvalue weighted by Gasteiger charge is 2.32. The molecular weight excluding hydrogens is 374 g/mol. The van der Waals surface area contributed by atoms with Crippen molar-refractivity contribution in [1.82, 2.24) is 19.9 Å². The second-order valence-corrected chi connectivity index (χ2v) is 6.99. The lowest BCUT2D eigenvalue weighted by atomic mass is 10.1. The molecule has 4 heterocycles. The Hall–Kier alpha value is -3.55. The molecule has 0 radical (unpaired) electrons. The number of nitriles is 1. The molecule has 0 aromatic carbocycles. The van der Waals surface area contributed by atoms with E-state index in [1.54, 1.807) is 6.20 Å². The topological polar surface area (TPSA) is 128 Å². The van der Waals surface area contributed by atoms with Crippen molar-refractivity contribution in [2.45, 2.75) is 19.3 Å². The van der Waals surface area contributed by atoms with E-state index in [0.717, 1.165) is 32.4 Å². The van der Waals surface area contributed by atoms with Crippen molar-refractivity contribution in [2.75, 3.05) is 54.0 Å². The van der Waals surface area contributed by atoms with Crippen LogP contribution in [0.4, 0.5) is 23.1 Å². The van der Waals surface area contributed by atoms with Gasteiger partial charge in [0.2, 0.25) is 11.6 Å². The highest BCUT2D eigenvalue weighted by Crippen LogP contribution is 2.35. The third kappa shape index (κ3) is 3.73. The molecular formula is C18H21N9O2. The van der Waals surface area contributed by atoms with Gasteiger partial charge in [-0.05, 0) is 19.3 Å². The Balaban J connectivity index is 1.57. The Morgan fingerprint density at radius 1 is 0.828 bits per heavy atom. The maximum absolute atomic E-state index is 11.9. The average Bonchev–Trinajstić information content (AvgIpc) is 2.79. The molecule has 2 aliphatic rings. The fraction of sp³-hybridized carbons (Fsp3) is 0.500. The summed E-state index contributed by atoms with van der Waals surface area (Å²) < 4.78 is 0. The van der Waals surface area contributed by atoms with Gasteiger partial charge in [0.15, 0.2) is 11.5 Å². The van der Waals surface area contributed by atoms with Crippen molar-refractivity contribution < 1.29 is 4.92 Å². The van der Waals surface area contributed by atoms with Crippen LogP contribution >= 0.6 is 0 Å². The summed E-state index contributed by atoms with van der Waals surface area (Å²) in [4.78, 5) is 34.2. The molecule has 0 saturated carbocycles. The fourth-order valence-electron chi connectivity index (χ4n) is 3.86. The lowest BCUT2D eigenvalue weighted by Crippen LogP contribution is -2.47. The van der Waals surface area contributed by atoms with Gasteiger partial charge >= 0.3 is 5.69 Å². The zero-order chi connectivity index (χ0) is 20.2. The summed E-state index contributed by atoms with van der Waals surface area (Å²) in [5.74, 6) is 1.30. The zero-order valence-electron chi connectivity index (χ0n) is 15.9. The number of nitrogens with zero attached hydrogens (tertiary/aromatic N) is 9. The average molecular weight is 395 g/mol. The van der Waals surface area contributed by atoms with E-state index in [-0.39, 0.29) is 16.3 Å². The SMILES string of the molecule is N#Cc1nccnc1N1CCN(c2ncnc(N3CCCCC3)c2[N+](=O)[O-])CC1. The summed E-state index contributed by atoms with van der Waals surface area (Å²) in [5, 5.41) is 21.1. The molecule has 0 atom stereocenters. The molecule has 2 saturated heterocycles. The lowest BCUT2D eigenvalue weighted by Gasteiger charge is -2.36. The molecule has 0 aliphatic carbocycles. The van der Waals surface area contributed by atoms with Crippen LogP contribution in [0.3, 0.4) is 0 Å². The third-order valence-electron chi connectivity index (χ3n) is 5.29. The van der Waals surface area contributed by atoms with Crippen LogP contribution in [0.1, 0.15) is 25.0 Å². The van der Waals surface area contributed by atoms with Crippen LogP contribution < -0.4 is 14.7 Å². The second-order valence-electron chi connectivity index (χ2n) is 6.99. The Kier molecular flexibility index (Phi) is 5.33. The molecule has 4 rings (SSSR count). The first-order valence-electron chi connectivity index (χ1n) is 9.64. The Bertz CT molecular complexity index is 931. The number of anilines is 3. The molecule has 2 aromatic heterocycles. The van der Waals surface area contributed by atoms with Gasteiger partial charge in [-0.1, -0.05) is 0 Å². The molecule has 2 fully saturated rings. The number of aromatic nitrogens is 4. The Labute approximate surface area is 167 Å². The highest BCUT2D eigenvalue weighted by atomic mass is 16.6. The van der Waals surface area contributed by atoms with Gasteiger partial charge < -0.3 is 14.7 Å². The van der Waals surface area contributed by atoms with Gasteiger partial charge in [-0.25, -0.2) is 19.9 Å². The minimum absolute atomic E-state index is 0.0277. The van der Waals surface area contributed by atoms with Crippen molar-refractivity contribution in [3.05, 3.63) is 34.5 Å². The smallest absolute Gasteiger partial charge is 0.351 e. The lowest BCUT2D eigenvalue weighted by molar-refractivity contribution is -0.383. The van der Waals surface area contributed by atoms with Crippen LogP contribution in [0.25, 0.3) is 0 Å². The van der Waals surface area contributed by atoms with E-state index < -0.39 is 0 Å². The van der Waals surface area contributed by atoms with E-state index in [0.29, 0.717) is 43.6 Å². The summed E-state index contributed by atoms with van der Waals surface area (Å²) in [6, 6.07) is 2.06. The quantitative estimate of drug-likeness (QED) is 0.553. The van der Waals surface area contributed by atoms with Crippen molar-refractivity contribution in [3.63, 3.8) is 0 Å². The van der Waals surface area contributed by atoms with Crippen molar-refractivity contribution in [1.29, 1.82) is 5.26 Å². The number of piperazine rings is 1. The zero-order valence-corrected chi connectivity index (χ0v) is 15.9. The number of nitro groups is 1. The molecule has 2 aromatic rings. The minimum Gasteiger partial charge on any atom is -0.351 e. The van der Waals surface area contributed by atoms with Gasteiger partial charge in [0.25, 0.3) is 0 Å². The second kappa shape index (κ2) is 8.22. The Morgan fingerprint density at radius 2 is 1.38 bits per heavy atom. The van der Waals surface area contributed by atoms with E-state index in [4.69, 9.17) is 0 Å². The first-order chi connectivity index (χ1) is 14.2. The predicted molar refractivity (Wildman–Crippen MR) is 106 cm³/mol. The molecule has 2 aliphatic heterocycles. The molecule has 0 bridgehead atoms. The van der Waals surface area contributed by atoms with Crippen LogP contribution in [0.2, 0.25) is 0 Å². The van der Waals surface area contributed by atoms with Crippen LogP contribution in [0.15, 0.2) is 18.7 Å². The first-order valence-corrected chi connectivity index (χ1v) is 9.64. The first kappa shape index (κ1) is 18.8. The van der Waals surface area contributed by atoms with Gasteiger partial charge in [0, 0.05) is 51.7 Å². The number of rotatable bonds is 4. The summed E-state index contributed by atoms with van der Waals surface area (Å²) >= 11 is 0. The summed E-state index contributed by atoms with van der Waals surface area (Å²) in [6.45, 7) is 3.72. The summed E-state index contributed by atoms with van der Waals surface area (Å²) in [5.41, 5.74) is 0.251. The third-order valence-corrected chi connectivity index (χ3v) is 5.29. The van der Waals surface area contributed by atoms with E-state index >= 15 is 0 Å². The predicted octanol–water partition coefficient (Wildman–Crippen LogP) is 1.36. The fourth-order valence-corrected chi connectivity index (χ4v) is 3.86. The van der Waals surface area contributed by atoms with Gasteiger partial charge in [-0.2, -0.15) is 5.26 Å². The maximum atomic E-state index is 11.9. The van der Waals surface area contributed by atoms with Gasteiger partial charge in [0.05, 0.1) is 4.92 Å². The maximum Gasteiger partial charge on any atom is 0.353 e. The highest BCUT2D eigenvalue weighted by molar-refractivity contribution is 5.71. The largest absolute Gasteiger partial charge is 0.353 e. The normalized spacial score (nSPS) is 17.1. The molecule has 0 amide bonds. The van der Waals surface area contributed by atoms with Crippen molar-refractivity contribution in [3.8, 4) is 6.07 Å². The Morgan fingerprint density at radius 3 is 1.97 bits per heavy atom. The molecule has 11 heteroatoms. The van der Waals surface area contributed by atoms with Gasteiger partial charge in [0.1, 0.15) is 12.4 Å². The van der Waals surface area contributed by atoms with Crippen molar-refractivity contribution >= 4 is 23.1 Å². The molecule has 29 heavy (non-hydrogen) atoms. The summed E-state index contributed by atoms with van der Waals surface area (Å²) in [7, 11) is 0. The minimum atomic E-state index is -0.373. The molecule has 0 unspecified atom stereocenters. The van der Waals surface area contributed by atoms with Crippen molar-refractivity contribution in [2.24, 2.45) is 0 Å². The number of piperidine rings is 1. The van der Waals surface area contributed by atoms with Crippen LogP contribution in [0.5, 0.6) is 0 Å². The molecule has 0 N–H and O–H groups in total. The van der Waals surface area contributed by atoms with E-state index in [1.807, 2.05) is 14.7 Å². The summed E-state index contributed by atoms with van der Waals surface area (Å²) in [6.07, 6.45) is 7.61. The monoisotopic (exact) mass is 395 g/mol.